The maximum atomic E-state index is 12.2. The van der Waals surface area contributed by atoms with Gasteiger partial charge in [0.25, 0.3) is 5.91 Å². The minimum atomic E-state index is -0.150. The number of aromatic nitrogens is 1. The molecule has 108 valence electrons. The number of aliphatic hydroxyl groups is 1. The number of hydrogen-bond acceptors (Lipinski definition) is 4. The van der Waals surface area contributed by atoms with Gasteiger partial charge in [0.2, 0.25) is 0 Å². The van der Waals surface area contributed by atoms with E-state index in [1.165, 1.54) is 11.3 Å². The molecule has 0 aliphatic heterocycles. The van der Waals surface area contributed by atoms with Gasteiger partial charge in [-0.05, 0) is 30.0 Å². The van der Waals surface area contributed by atoms with Crippen LogP contribution in [0.3, 0.4) is 0 Å². The van der Waals surface area contributed by atoms with Crippen molar-refractivity contribution in [1.82, 2.24) is 10.3 Å². The summed E-state index contributed by atoms with van der Waals surface area (Å²) in [6.07, 6.45) is 2.12. The summed E-state index contributed by atoms with van der Waals surface area (Å²) in [5, 5.41) is 13.4. The lowest BCUT2D eigenvalue weighted by Crippen LogP contribution is -2.23. The van der Waals surface area contributed by atoms with Crippen LogP contribution in [0.4, 0.5) is 0 Å². The third-order valence-electron chi connectivity index (χ3n) is 2.87. The topological polar surface area (TPSA) is 62.2 Å². The molecule has 0 spiro atoms. The Morgan fingerprint density at radius 3 is 3.10 bits per heavy atom. The molecule has 2 N–H and O–H groups in total. The second-order valence-corrected chi connectivity index (χ2v) is 5.30. The average molecular weight is 300 g/mol. The van der Waals surface area contributed by atoms with E-state index >= 15 is 0 Å². The van der Waals surface area contributed by atoms with Crippen LogP contribution in [-0.2, 0) is 6.54 Å². The SMILES string of the molecule is Cc1cccnc1CNC(=O)c1sccc1C#CCCO. The second kappa shape index (κ2) is 7.58. The summed E-state index contributed by atoms with van der Waals surface area (Å²) in [5.41, 5.74) is 2.60. The van der Waals surface area contributed by atoms with Gasteiger partial charge in [0, 0.05) is 18.2 Å². The third-order valence-corrected chi connectivity index (χ3v) is 3.78. The van der Waals surface area contributed by atoms with E-state index in [-0.39, 0.29) is 12.5 Å². The number of thiophene rings is 1. The lowest BCUT2D eigenvalue weighted by molar-refractivity contribution is 0.0954. The average Bonchev–Trinajstić information content (AvgIpc) is 2.95. The van der Waals surface area contributed by atoms with Crippen molar-refractivity contribution in [3.63, 3.8) is 0 Å². The highest BCUT2D eigenvalue weighted by atomic mass is 32.1. The molecular weight excluding hydrogens is 284 g/mol. The van der Waals surface area contributed by atoms with Gasteiger partial charge in [-0.2, -0.15) is 0 Å². The summed E-state index contributed by atoms with van der Waals surface area (Å²) in [5.74, 6) is 5.59. The van der Waals surface area contributed by atoms with Gasteiger partial charge in [0.05, 0.1) is 18.8 Å². The summed E-state index contributed by atoms with van der Waals surface area (Å²) >= 11 is 1.36. The van der Waals surface area contributed by atoms with Gasteiger partial charge < -0.3 is 10.4 Å². The van der Waals surface area contributed by atoms with E-state index < -0.39 is 0 Å². The van der Waals surface area contributed by atoms with Crippen molar-refractivity contribution in [2.24, 2.45) is 0 Å². The Morgan fingerprint density at radius 1 is 1.48 bits per heavy atom. The molecule has 21 heavy (non-hydrogen) atoms. The zero-order valence-corrected chi connectivity index (χ0v) is 12.5. The van der Waals surface area contributed by atoms with E-state index in [0.717, 1.165) is 11.3 Å². The van der Waals surface area contributed by atoms with Crippen LogP contribution in [0.25, 0.3) is 0 Å². The first-order valence-corrected chi connectivity index (χ1v) is 7.46. The minimum absolute atomic E-state index is 0.0254. The van der Waals surface area contributed by atoms with Crippen LogP contribution in [0.2, 0.25) is 0 Å². The van der Waals surface area contributed by atoms with Crippen molar-refractivity contribution < 1.29 is 9.90 Å². The number of nitrogens with one attached hydrogen (secondary N) is 1. The molecule has 2 rings (SSSR count). The van der Waals surface area contributed by atoms with E-state index in [4.69, 9.17) is 5.11 Å². The Labute approximate surface area is 127 Å². The van der Waals surface area contributed by atoms with Crippen LogP contribution < -0.4 is 5.32 Å². The van der Waals surface area contributed by atoms with Crippen LogP contribution >= 0.6 is 11.3 Å². The molecule has 4 nitrogen and oxygen atoms in total. The first-order valence-electron chi connectivity index (χ1n) is 6.58. The molecule has 0 unspecified atom stereocenters. The molecule has 0 aromatic carbocycles. The second-order valence-electron chi connectivity index (χ2n) is 4.39. The van der Waals surface area contributed by atoms with Gasteiger partial charge >= 0.3 is 0 Å². The molecule has 5 heteroatoms. The molecule has 0 bridgehead atoms. The largest absolute Gasteiger partial charge is 0.395 e. The zero-order valence-electron chi connectivity index (χ0n) is 11.7. The fourth-order valence-corrected chi connectivity index (χ4v) is 2.51. The van der Waals surface area contributed by atoms with Crippen LogP contribution in [0.1, 0.15) is 32.9 Å². The standard InChI is InChI=1S/C16H16N2O2S/c1-12-5-4-8-17-14(12)11-18-16(20)15-13(7-10-21-15)6-2-3-9-19/h4-5,7-8,10,19H,3,9,11H2,1H3,(H,18,20). The number of hydrogen-bond donors (Lipinski definition) is 2. The van der Waals surface area contributed by atoms with Crippen LogP contribution in [0, 0.1) is 18.8 Å². The van der Waals surface area contributed by atoms with Crippen molar-refractivity contribution in [2.75, 3.05) is 6.61 Å². The van der Waals surface area contributed by atoms with Crippen molar-refractivity contribution in [1.29, 1.82) is 0 Å². The highest BCUT2D eigenvalue weighted by Gasteiger charge is 2.12. The Hall–Kier alpha value is -2.16. The number of aliphatic hydroxyl groups excluding tert-OH is 1. The molecule has 0 aliphatic carbocycles. The smallest absolute Gasteiger partial charge is 0.262 e. The normalized spacial score (nSPS) is 9.81. The van der Waals surface area contributed by atoms with Crippen LogP contribution in [0.15, 0.2) is 29.8 Å². The third kappa shape index (κ3) is 4.15. The van der Waals surface area contributed by atoms with E-state index in [1.807, 2.05) is 30.5 Å². The molecule has 2 heterocycles. The maximum absolute atomic E-state index is 12.2. The van der Waals surface area contributed by atoms with Crippen LogP contribution in [0.5, 0.6) is 0 Å². The fraction of sp³-hybridized carbons (Fsp3) is 0.250. The molecule has 0 aliphatic rings. The lowest BCUT2D eigenvalue weighted by atomic mass is 10.2. The van der Waals surface area contributed by atoms with Gasteiger partial charge in [-0.3, -0.25) is 9.78 Å². The number of nitrogens with zero attached hydrogens (tertiary/aromatic N) is 1. The molecule has 2 aromatic rings. The Kier molecular flexibility index (Phi) is 5.50. The Balaban J connectivity index is 2.03. The number of rotatable bonds is 4. The van der Waals surface area contributed by atoms with Crippen molar-refractivity contribution >= 4 is 17.2 Å². The first kappa shape index (κ1) is 15.2. The summed E-state index contributed by atoms with van der Waals surface area (Å²) in [6, 6.07) is 5.65. The lowest BCUT2D eigenvalue weighted by Gasteiger charge is -2.06. The Morgan fingerprint density at radius 2 is 2.33 bits per heavy atom. The van der Waals surface area contributed by atoms with Crippen LogP contribution in [-0.4, -0.2) is 22.6 Å². The van der Waals surface area contributed by atoms with Crippen molar-refractivity contribution in [3.05, 3.63) is 51.5 Å². The van der Waals surface area contributed by atoms with E-state index in [2.05, 4.69) is 22.1 Å². The van der Waals surface area contributed by atoms with Crippen molar-refractivity contribution in [2.45, 2.75) is 19.9 Å². The molecule has 0 fully saturated rings. The number of carbonyl (C=O) groups is 1. The fourth-order valence-electron chi connectivity index (χ4n) is 1.74. The number of carbonyl (C=O) groups excluding carboxylic acids is 1. The number of amides is 1. The summed E-state index contributed by atoms with van der Waals surface area (Å²) in [7, 11) is 0. The first-order chi connectivity index (χ1) is 10.2. The molecule has 0 atom stereocenters. The monoisotopic (exact) mass is 300 g/mol. The Bertz CT molecular complexity index is 683. The predicted octanol–water partition coefficient (Wildman–Crippen LogP) is 2.12. The predicted molar refractivity (Wildman–Crippen MR) is 83.0 cm³/mol. The summed E-state index contributed by atoms with van der Waals surface area (Å²) < 4.78 is 0. The highest BCUT2D eigenvalue weighted by molar-refractivity contribution is 7.12. The van der Waals surface area contributed by atoms with Gasteiger partial charge in [-0.1, -0.05) is 17.9 Å². The molecular formula is C16H16N2O2S. The highest BCUT2D eigenvalue weighted by Crippen LogP contribution is 2.16. The zero-order chi connectivity index (χ0) is 15.1. The molecule has 0 saturated heterocycles. The quantitative estimate of drug-likeness (QED) is 0.850. The minimum Gasteiger partial charge on any atom is -0.395 e. The number of pyridine rings is 1. The van der Waals surface area contributed by atoms with Gasteiger partial charge in [0.1, 0.15) is 4.88 Å². The van der Waals surface area contributed by atoms with Gasteiger partial charge in [-0.15, -0.1) is 11.3 Å². The van der Waals surface area contributed by atoms with E-state index in [9.17, 15) is 4.79 Å². The molecule has 2 aromatic heterocycles. The van der Waals surface area contributed by atoms with Gasteiger partial charge in [0.15, 0.2) is 0 Å². The van der Waals surface area contributed by atoms with Crippen molar-refractivity contribution in [3.8, 4) is 11.8 Å². The van der Waals surface area contributed by atoms with Gasteiger partial charge in [-0.25, -0.2) is 0 Å². The number of aryl methyl sites for hydroxylation is 1. The summed E-state index contributed by atoms with van der Waals surface area (Å²) in [4.78, 5) is 17.0. The van der Waals surface area contributed by atoms with E-state index in [1.54, 1.807) is 6.20 Å². The molecule has 1 amide bonds. The molecule has 0 saturated carbocycles. The maximum Gasteiger partial charge on any atom is 0.262 e. The molecule has 0 radical (unpaired) electrons. The summed E-state index contributed by atoms with van der Waals surface area (Å²) in [6.45, 7) is 2.38. The van der Waals surface area contributed by atoms with E-state index in [0.29, 0.717) is 23.4 Å².